The molecule has 9 heteroatoms. The van der Waals surface area contributed by atoms with E-state index in [-0.39, 0.29) is 29.2 Å². The van der Waals surface area contributed by atoms with Crippen molar-refractivity contribution >= 4 is 11.6 Å². The van der Waals surface area contributed by atoms with Crippen molar-refractivity contribution in [2.45, 2.75) is 63.7 Å². The standard InChI is InChI=1S/C27H29F2N3O4/c1-34-22-11-17(12-23(36-27(28)29)25(22)26(33)31-18-4-5-18)21-14-30-24-13-19(6-7-32(21)24)35-20-9-15-2-3-16(8-15)10-20/h6-7,11-16,18,20,27H,2-5,8-10H2,1H3,(H,31,33)/t15-,16+,20?. The Morgan fingerprint density at radius 1 is 1.08 bits per heavy atom. The van der Waals surface area contributed by atoms with Crippen molar-refractivity contribution in [3.8, 4) is 28.5 Å². The first kappa shape index (κ1) is 23.1. The highest BCUT2D eigenvalue weighted by atomic mass is 19.3. The van der Waals surface area contributed by atoms with Crippen LogP contribution in [0.3, 0.4) is 0 Å². The van der Waals surface area contributed by atoms with Gasteiger partial charge < -0.3 is 19.5 Å². The summed E-state index contributed by atoms with van der Waals surface area (Å²) in [5, 5.41) is 2.82. The molecule has 3 saturated carbocycles. The number of rotatable bonds is 8. The highest BCUT2D eigenvalue weighted by molar-refractivity contribution is 6.01. The SMILES string of the molecule is COc1cc(-c2cnc3cc(OC4C[C@H]5CC[C@@H](C4)C5)ccn23)cc(OC(F)F)c1C(=O)NC1CC1. The van der Waals surface area contributed by atoms with E-state index < -0.39 is 12.5 Å². The number of nitrogens with zero attached hydrogens (tertiary/aromatic N) is 2. The number of alkyl halides is 2. The highest BCUT2D eigenvalue weighted by Gasteiger charge is 2.35. The van der Waals surface area contributed by atoms with E-state index in [4.69, 9.17) is 14.2 Å². The third-order valence-corrected chi connectivity index (χ3v) is 7.57. The van der Waals surface area contributed by atoms with Crippen molar-refractivity contribution in [3.05, 3.63) is 42.2 Å². The number of amides is 1. The molecule has 1 unspecified atom stereocenters. The molecule has 2 heterocycles. The second kappa shape index (κ2) is 9.26. The van der Waals surface area contributed by atoms with E-state index in [9.17, 15) is 13.6 Å². The number of pyridine rings is 1. The van der Waals surface area contributed by atoms with Gasteiger partial charge in [-0.2, -0.15) is 8.78 Å². The molecule has 3 fully saturated rings. The fraction of sp³-hybridized carbons (Fsp3) is 0.481. The number of halogens is 2. The Morgan fingerprint density at radius 3 is 2.53 bits per heavy atom. The van der Waals surface area contributed by atoms with E-state index in [1.165, 1.54) is 32.4 Å². The molecule has 0 radical (unpaired) electrons. The summed E-state index contributed by atoms with van der Waals surface area (Å²) >= 11 is 0. The van der Waals surface area contributed by atoms with E-state index in [0.29, 0.717) is 16.9 Å². The molecule has 2 bridgehead atoms. The number of benzene rings is 1. The van der Waals surface area contributed by atoms with E-state index in [1.807, 2.05) is 22.7 Å². The number of fused-ring (bicyclic) bond motifs is 3. The van der Waals surface area contributed by atoms with E-state index in [0.717, 1.165) is 43.3 Å². The van der Waals surface area contributed by atoms with Crippen LogP contribution in [0.15, 0.2) is 36.7 Å². The molecule has 0 saturated heterocycles. The van der Waals surface area contributed by atoms with Gasteiger partial charge in [0.05, 0.1) is 25.1 Å². The number of ether oxygens (including phenoxy) is 3. The second-order valence-corrected chi connectivity index (χ2v) is 10.2. The second-order valence-electron chi connectivity index (χ2n) is 10.2. The minimum absolute atomic E-state index is 0.0422. The zero-order valence-corrected chi connectivity index (χ0v) is 20.1. The number of methoxy groups -OCH3 is 1. The number of aromatic nitrogens is 2. The van der Waals surface area contributed by atoms with Gasteiger partial charge in [0.15, 0.2) is 0 Å². The number of carbonyl (C=O) groups is 1. The van der Waals surface area contributed by atoms with E-state index >= 15 is 0 Å². The molecule has 3 aliphatic carbocycles. The molecule has 1 amide bonds. The normalized spacial score (nSPS) is 23.2. The lowest BCUT2D eigenvalue weighted by molar-refractivity contribution is -0.0502. The van der Waals surface area contributed by atoms with Crippen LogP contribution in [-0.2, 0) is 0 Å². The van der Waals surface area contributed by atoms with Crippen molar-refractivity contribution in [2.24, 2.45) is 11.8 Å². The lowest BCUT2D eigenvalue weighted by atomic mass is 9.87. The monoisotopic (exact) mass is 497 g/mol. The number of hydrogen-bond donors (Lipinski definition) is 1. The van der Waals surface area contributed by atoms with Gasteiger partial charge in [-0.3, -0.25) is 9.20 Å². The summed E-state index contributed by atoms with van der Waals surface area (Å²) in [5.74, 6) is 1.77. The van der Waals surface area contributed by atoms with Gasteiger partial charge in [-0.25, -0.2) is 4.98 Å². The largest absolute Gasteiger partial charge is 0.496 e. The minimum Gasteiger partial charge on any atom is -0.496 e. The fourth-order valence-corrected chi connectivity index (χ4v) is 5.78. The molecule has 3 atom stereocenters. The molecule has 3 aliphatic rings. The molecule has 1 aromatic carbocycles. The van der Waals surface area contributed by atoms with Gasteiger partial charge in [0.2, 0.25) is 0 Å². The Balaban J connectivity index is 1.31. The summed E-state index contributed by atoms with van der Waals surface area (Å²) in [6.07, 6.45) is 11.7. The molecule has 1 N–H and O–H groups in total. The number of nitrogens with one attached hydrogen (secondary N) is 1. The fourth-order valence-electron chi connectivity index (χ4n) is 5.78. The van der Waals surface area contributed by atoms with Crippen LogP contribution in [0.1, 0.15) is 55.3 Å². The van der Waals surface area contributed by atoms with Crippen molar-refractivity contribution in [1.29, 1.82) is 0 Å². The summed E-state index contributed by atoms with van der Waals surface area (Å²) < 4.78 is 44.9. The summed E-state index contributed by atoms with van der Waals surface area (Å²) in [7, 11) is 1.40. The topological polar surface area (TPSA) is 74.1 Å². The molecule has 36 heavy (non-hydrogen) atoms. The first-order valence-electron chi connectivity index (χ1n) is 12.6. The molecule has 6 rings (SSSR count). The van der Waals surface area contributed by atoms with E-state index in [2.05, 4.69) is 10.3 Å². The van der Waals surface area contributed by atoms with Crippen LogP contribution < -0.4 is 19.5 Å². The van der Waals surface area contributed by atoms with Crippen molar-refractivity contribution in [3.63, 3.8) is 0 Å². The molecule has 2 aromatic heterocycles. The summed E-state index contributed by atoms with van der Waals surface area (Å²) in [5.41, 5.74) is 1.82. The number of carbonyl (C=O) groups excluding carboxylic acids is 1. The Hall–Kier alpha value is -3.36. The average Bonchev–Trinajstić information content (AvgIpc) is 3.46. The zero-order chi connectivity index (χ0) is 24.8. The third-order valence-electron chi connectivity index (χ3n) is 7.57. The van der Waals surface area contributed by atoms with E-state index in [1.54, 1.807) is 12.3 Å². The summed E-state index contributed by atoms with van der Waals surface area (Å²) in [4.78, 5) is 17.3. The number of imidazole rings is 1. The Labute approximate surface area is 207 Å². The van der Waals surface area contributed by atoms with Crippen LogP contribution in [0.4, 0.5) is 8.78 Å². The van der Waals surface area contributed by atoms with Crippen LogP contribution in [-0.4, -0.2) is 41.2 Å². The van der Waals surface area contributed by atoms with Gasteiger partial charge in [0.25, 0.3) is 5.91 Å². The molecule has 0 spiro atoms. The van der Waals surface area contributed by atoms with Crippen LogP contribution in [0.25, 0.3) is 16.9 Å². The predicted octanol–water partition coefficient (Wildman–Crippen LogP) is 5.46. The molecular weight excluding hydrogens is 468 g/mol. The first-order chi connectivity index (χ1) is 17.5. The van der Waals surface area contributed by atoms with Crippen LogP contribution >= 0.6 is 0 Å². The van der Waals surface area contributed by atoms with Crippen LogP contribution in [0, 0.1) is 11.8 Å². The average molecular weight is 498 g/mol. The predicted molar refractivity (Wildman–Crippen MR) is 129 cm³/mol. The van der Waals surface area contributed by atoms with Gasteiger partial charge in [0, 0.05) is 23.9 Å². The van der Waals surface area contributed by atoms with Crippen LogP contribution in [0.5, 0.6) is 17.2 Å². The minimum atomic E-state index is -3.09. The lowest BCUT2D eigenvalue weighted by Crippen LogP contribution is -2.26. The molecule has 7 nitrogen and oxygen atoms in total. The van der Waals surface area contributed by atoms with Gasteiger partial charge in [-0.05, 0) is 62.1 Å². The lowest BCUT2D eigenvalue weighted by Gasteiger charge is -2.28. The maximum absolute atomic E-state index is 13.3. The first-order valence-corrected chi connectivity index (χ1v) is 12.6. The maximum Gasteiger partial charge on any atom is 0.387 e. The molecular formula is C27H29F2N3O4. The van der Waals surface area contributed by atoms with Gasteiger partial charge >= 0.3 is 6.61 Å². The Kier molecular flexibility index (Phi) is 5.93. The van der Waals surface area contributed by atoms with Gasteiger partial charge in [0.1, 0.15) is 28.5 Å². The summed E-state index contributed by atoms with van der Waals surface area (Å²) in [6, 6.07) is 6.93. The quantitative estimate of drug-likeness (QED) is 0.447. The maximum atomic E-state index is 13.3. The number of hydrogen-bond acceptors (Lipinski definition) is 5. The summed E-state index contributed by atoms with van der Waals surface area (Å²) in [6.45, 7) is -3.09. The smallest absolute Gasteiger partial charge is 0.387 e. The molecule has 3 aromatic rings. The Morgan fingerprint density at radius 2 is 1.83 bits per heavy atom. The van der Waals surface area contributed by atoms with Gasteiger partial charge in [-0.1, -0.05) is 12.8 Å². The van der Waals surface area contributed by atoms with Crippen molar-refractivity contribution < 1.29 is 27.8 Å². The zero-order valence-electron chi connectivity index (χ0n) is 20.1. The van der Waals surface area contributed by atoms with Crippen LogP contribution in [0.2, 0.25) is 0 Å². The van der Waals surface area contributed by atoms with Gasteiger partial charge in [-0.15, -0.1) is 0 Å². The third kappa shape index (κ3) is 4.58. The Bertz CT molecular complexity index is 1280. The molecule has 190 valence electrons. The molecule has 0 aliphatic heterocycles. The van der Waals surface area contributed by atoms with Crippen molar-refractivity contribution in [2.75, 3.05) is 7.11 Å². The highest BCUT2D eigenvalue weighted by Crippen LogP contribution is 2.43. The van der Waals surface area contributed by atoms with Crippen molar-refractivity contribution in [1.82, 2.24) is 14.7 Å².